The van der Waals surface area contributed by atoms with Crippen LogP contribution in [0.25, 0.3) is 5.43 Å². The van der Waals surface area contributed by atoms with Gasteiger partial charge in [0, 0.05) is 0 Å². The fourth-order valence-corrected chi connectivity index (χ4v) is 0.207. The zero-order valence-corrected chi connectivity index (χ0v) is 5.03. The van der Waals surface area contributed by atoms with Gasteiger partial charge in [-0.2, -0.15) is 0 Å². The summed E-state index contributed by atoms with van der Waals surface area (Å²) in [5, 5.41) is 11.9. The Hall–Kier alpha value is -0.200. The van der Waals surface area contributed by atoms with Crippen molar-refractivity contribution < 1.29 is 0 Å². The van der Waals surface area contributed by atoms with Gasteiger partial charge < -0.3 is 26.7 Å². The molecule has 50 valence electrons. The third-order valence-electron chi connectivity index (χ3n) is 0.694. The molecule has 2 N–H and O–H groups in total. The number of hydrogen-bond donors (Lipinski definition) is 1. The molecule has 5 heteroatoms. The number of hydrazine groups is 1. The van der Waals surface area contributed by atoms with Crippen molar-refractivity contribution in [3.8, 4) is 0 Å². The van der Waals surface area contributed by atoms with Crippen LogP contribution < -0.4 is 5.73 Å². The first kappa shape index (κ1) is 7.80. The van der Waals surface area contributed by atoms with E-state index in [2.05, 4.69) is 5.43 Å². The first-order valence-electron chi connectivity index (χ1n) is 2.20. The summed E-state index contributed by atoms with van der Waals surface area (Å²) in [6.45, 7) is 0.142. The van der Waals surface area contributed by atoms with Crippen LogP contribution >= 0.6 is 0 Å². The molecule has 0 aliphatic carbocycles. The van der Waals surface area contributed by atoms with Crippen LogP contribution in [0.1, 0.15) is 0 Å². The average molecular weight is 118 g/mol. The minimum Gasteiger partial charge on any atom is -0.773 e. The normalized spacial score (nSPS) is 11.2. The minimum atomic E-state index is 0.142. The van der Waals surface area contributed by atoms with Gasteiger partial charge in [-0.15, -0.1) is 0 Å². The van der Waals surface area contributed by atoms with E-state index in [1.807, 2.05) is 0 Å². The van der Waals surface area contributed by atoms with Crippen molar-refractivity contribution in [3.63, 3.8) is 0 Å². The Morgan fingerprint density at radius 3 is 2.25 bits per heavy atom. The lowest BCUT2D eigenvalue weighted by atomic mass is 11.1. The standard InChI is InChI=1S/C3H10N4O/c1-6(5-3-4)7(2)8/h3-4H2,1-2H3/q-2. The van der Waals surface area contributed by atoms with E-state index in [4.69, 9.17) is 5.73 Å². The summed E-state index contributed by atoms with van der Waals surface area (Å²) in [7, 11) is 2.87. The van der Waals surface area contributed by atoms with Crippen LogP contribution in [0.3, 0.4) is 0 Å². The summed E-state index contributed by atoms with van der Waals surface area (Å²) >= 11 is 0. The van der Waals surface area contributed by atoms with Crippen LogP contribution in [0.5, 0.6) is 0 Å². The van der Waals surface area contributed by atoms with Crippen LogP contribution in [0.2, 0.25) is 0 Å². The molecular weight excluding hydrogens is 108 g/mol. The van der Waals surface area contributed by atoms with Crippen LogP contribution in [-0.4, -0.2) is 31.1 Å². The molecule has 0 amide bonds. The van der Waals surface area contributed by atoms with Gasteiger partial charge in [-0.1, -0.05) is 6.67 Å². The van der Waals surface area contributed by atoms with Crippen molar-refractivity contribution in [2.24, 2.45) is 5.73 Å². The van der Waals surface area contributed by atoms with Gasteiger partial charge in [-0.25, -0.2) is 0 Å². The highest BCUT2D eigenvalue weighted by Gasteiger charge is 1.75. The highest BCUT2D eigenvalue weighted by Crippen LogP contribution is 1.92. The Morgan fingerprint density at radius 1 is 1.62 bits per heavy atom. The SMILES string of the molecule is CN([O-])N(C)[N-]CN. The quantitative estimate of drug-likeness (QED) is 0.505. The Bertz CT molecular complexity index is 57.2. The summed E-state index contributed by atoms with van der Waals surface area (Å²) in [6, 6.07) is 0. The Balaban J connectivity index is 3.17. The molecule has 0 aliphatic heterocycles. The van der Waals surface area contributed by atoms with E-state index in [0.29, 0.717) is 5.17 Å². The monoisotopic (exact) mass is 118 g/mol. The lowest BCUT2D eigenvalue weighted by Gasteiger charge is -2.44. The maximum Gasteiger partial charge on any atom is -0.0134 e. The average Bonchev–Trinajstić information content (AvgIpc) is 1.67. The second kappa shape index (κ2) is 3.76. The predicted octanol–water partition coefficient (Wildman–Crippen LogP) is -0.532. The molecule has 0 aromatic carbocycles. The minimum absolute atomic E-state index is 0.142. The molecule has 0 radical (unpaired) electrons. The molecule has 0 fully saturated rings. The molecule has 5 nitrogen and oxygen atoms in total. The molecule has 0 bridgehead atoms. The highest BCUT2D eigenvalue weighted by atomic mass is 16.6. The van der Waals surface area contributed by atoms with Gasteiger partial charge in [0.1, 0.15) is 0 Å². The zero-order valence-electron chi connectivity index (χ0n) is 5.03. The van der Waals surface area contributed by atoms with Gasteiger partial charge in [0.2, 0.25) is 0 Å². The van der Waals surface area contributed by atoms with Crippen molar-refractivity contribution in [3.05, 3.63) is 10.6 Å². The smallest absolute Gasteiger partial charge is 0.0134 e. The molecule has 0 unspecified atom stereocenters. The van der Waals surface area contributed by atoms with Gasteiger partial charge in [0.05, 0.1) is 0 Å². The third kappa shape index (κ3) is 2.89. The van der Waals surface area contributed by atoms with Gasteiger partial charge in [-0.3, -0.25) is 0 Å². The molecule has 0 rings (SSSR count). The van der Waals surface area contributed by atoms with Crippen LogP contribution in [0.15, 0.2) is 0 Å². The number of hydrogen-bond acceptors (Lipinski definition) is 4. The summed E-state index contributed by atoms with van der Waals surface area (Å²) in [6.07, 6.45) is 0. The lowest BCUT2D eigenvalue weighted by Crippen LogP contribution is -2.29. The predicted molar refractivity (Wildman–Crippen MR) is 31.3 cm³/mol. The summed E-state index contributed by atoms with van der Waals surface area (Å²) in [4.78, 5) is 0. The Kier molecular flexibility index (Phi) is 3.67. The Labute approximate surface area is 48.6 Å². The van der Waals surface area contributed by atoms with Gasteiger partial charge >= 0.3 is 0 Å². The molecular formula is C3H10N4O-2. The van der Waals surface area contributed by atoms with Gasteiger partial charge in [-0.05, 0) is 14.1 Å². The molecule has 0 aromatic heterocycles. The fourth-order valence-electron chi connectivity index (χ4n) is 0.207. The van der Waals surface area contributed by atoms with E-state index in [1.165, 1.54) is 14.1 Å². The van der Waals surface area contributed by atoms with E-state index < -0.39 is 0 Å². The number of nitrogens with two attached hydrogens (primary N) is 1. The molecule has 0 heterocycles. The summed E-state index contributed by atoms with van der Waals surface area (Å²) in [5.41, 5.74) is 8.54. The lowest BCUT2D eigenvalue weighted by molar-refractivity contribution is 0.125. The fraction of sp³-hybridized carbons (Fsp3) is 1.00. The van der Waals surface area contributed by atoms with E-state index in [0.717, 1.165) is 5.12 Å². The van der Waals surface area contributed by atoms with E-state index in [1.54, 1.807) is 0 Å². The van der Waals surface area contributed by atoms with E-state index in [-0.39, 0.29) is 6.67 Å². The molecule has 0 aromatic rings. The third-order valence-corrected chi connectivity index (χ3v) is 0.694. The number of nitrogens with zero attached hydrogens (tertiary/aromatic N) is 3. The Morgan fingerprint density at radius 2 is 2.12 bits per heavy atom. The number of hydroxylamine groups is 1. The topological polar surface area (TPSA) is 69.7 Å². The summed E-state index contributed by atoms with van der Waals surface area (Å²) < 4.78 is 0. The van der Waals surface area contributed by atoms with Crippen molar-refractivity contribution in [1.29, 1.82) is 0 Å². The molecule has 0 aliphatic rings. The molecule has 0 spiro atoms. The molecule has 0 saturated carbocycles. The van der Waals surface area contributed by atoms with Crippen LogP contribution in [0, 0.1) is 5.21 Å². The first-order valence-corrected chi connectivity index (χ1v) is 2.20. The second-order valence-corrected chi connectivity index (χ2v) is 1.28. The highest BCUT2D eigenvalue weighted by molar-refractivity contribution is 4.65. The van der Waals surface area contributed by atoms with E-state index in [9.17, 15) is 5.21 Å². The van der Waals surface area contributed by atoms with Crippen molar-refractivity contribution >= 4 is 0 Å². The maximum atomic E-state index is 10.2. The van der Waals surface area contributed by atoms with Crippen molar-refractivity contribution in [1.82, 2.24) is 10.3 Å². The van der Waals surface area contributed by atoms with Gasteiger partial charge in [0.25, 0.3) is 0 Å². The number of rotatable bonds is 3. The molecule has 0 atom stereocenters. The molecule has 0 saturated heterocycles. The largest absolute Gasteiger partial charge is 0.773 e. The van der Waals surface area contributed by atoms with E-state index >= 15 is 0 Å². The van der Waals surface area contributed by atoms with Crippen LogP contribution in [-0.2, 0) is 0 Å². The van der Waals surface area contributed by atoms with Crippen LogP contribution in [0.4, 0.5) is 0 Å². The molecule has 8 heavy (non-hydrogen) atoms. The maximum absolute atomic E-state index is 10.2. The first-order chi connectivity index (χ1) is 3.68. The second-order valence-electron chi connectivity index (χ2n) is 1.28. The van der Waals surface area contributed by atoms with Crippen molar-refractivity contribution in [2.45, 2.75) is 0 Å². The summed E-state index contributed by atoms with van der Waals surface area (Å²) in [5.74, 6) is 0. The zero-order chi connectivity index (χ0) is 6.57. The van der Waals surface area contributed by atoms with Crippen molar-refractivity contribution in [2.75, 3.05) is 20.8 Å². The van der Waals surface area contributed by atoms with Gasteiger partial charge in [0.15, 0.2) is 0 Å².